The van der Waals surface area contributed by atoms with Gasteiger partial charge in [0.25, 0.3) is 5.91 Å². The van der Waals surface area contributed by atoms with Gasteiger partial charge in [0.05, 0.1) is 4.91 Å². The number of benzene rings is 1. The molecule has 1 fully saturated rings. The van der Waals surface area contributed by atoms with Crippen LogP contribution in [0.3, 0.4) is 0 Å². The summed E-state index contributed by atoms with van der Waals surface area (Å²) in [6, 6.07) is 8.10. The summed E-state index contributed by atoms with van der Waals surface area (Å²) in [4.78, 5) is 19.2. The first kappa shape index (κ1) is 13.4. The number of nitrogens with zero attached hydrogens (tertiary/aromatic N) is 2. The molecule has 0 N–H and O–H groups in total. The molecule has 2 heterocycles. The topological polar surface area (TPSA) is 32.7 Å². The van der Waals surface area contributed by atoms with E-state index in [4.69, 9.17) is 0 Å². The van der Waals surface area contributed by atoms with Gasteiger partial charge in [-0.3, -0.25) is 4.79 Å². The van der Waals surface area contributed by atoms with E-state index in [9.17, 15) is 4.79 Å². The molecule has 0 aliphatic carbocycles. The quantitative estimate of drug-likeness (QED) is 0.741. The van der Waals surface area contributed by atoms with Crippen molar-refractivity contribution in [1.29, 1.82) is 0 Å². The zero-order valence-corrected chi connectivity index (χ0v) is 12.4. The summed E-state index contributed by atoms with van der Waals surface area (Å²) in [7, 11) is 0. The average molecular weight is 286 g/mol. The Morgan fingerprint density at radius 3 is 2.70 bits per heavy atom. The van der Waals surface area contributed by atoms with Crippen LogP contribution in [0.4, 0.5) is 0 Å². The molecule has 0 unspecified atom stereocenters. The first-order valence-electron chi connectivity index (χ1n) is 7.07. The summed E-state index contributed by atoms with van der Waals surface area (Å²) in [5, 5.41) is 0.884. The number of amides is 1. The number of piperidine rings is 1. The van der Waals surface area contributed by atoms with Gasteiger partial charge in [-0.2, -0.15) is 4.99 Å². The highest BCUT2D eigenvalue weighted by atomic mass is 32.2. The predicted molar refractivity (Wildman–Crippen MR) is 84.6 cm³/mol. The number of likely N-dealkylation sites (tertiary alicyclic amines) is 1. The van der Waals surface area contributed by atoms with Gasteiger partial charge in [-0.1, -0.05) is 24.3 Å². The fraction of sp³-hybridized carbons (Fsp3) is 0.375. The number of thioether (sulfide) groups is 1. The lowest BCUT2D eigenvalue weighted by Crippen LogP contribution is -2.33. The summed E-state index contributed by atoms with van der Waals surface area (Å²) in [6.07, 6.45) is 5.65. The Kier molecular flexibility index (Phi) is 3.92. The third-order valence-corrected chi connectivity index (χ3v) is 4.76. The van der Waals surface area contributed by atoms with Crippen molar-refractivity contribution >= 4 is 28.9 Å². The number of hydrogen-bond acceptors (Lipinski definition) is 3. The van der Waals surface area contributed by atoms with Gasteiger partial charge in [-0.05, 0) is 55.2 Å². The lowest BCUT2D eigenvalue weighted by molar-refractivity contribution is -0.113. The van der Waals surface area contributed by atoms with Crippen LogP contribution in [-0.2, 0) is 4.79 Å². The van der Waals surface area contributed by atoms with Crippen molar-refractivity contribution in [2.24, 2.45) is 4.99 Å². The largest absolute Gasteiger partial charge is 0.351 e. The molecule has 0 spiro atoms. The van der Waals surface area contributed by atoms with E-state index >= 15 is 0 Å². The molecule has 104 valence electrons. The maximum atomic E-state index is 12.0. The standard InChI is InChI=1S/C16H18N2OS/c1-12-7-3-4-8-13(12)11-14-15(19)17-16(20-14)18-9-5-2-6-10-18/h3-4,7-8,11H,2,5-6,9-10H2,1H3/b14-11-. The molecule has 0 bridgehead atoms. The van der Waals surface area contributed by atoms with E-state index < -0.39 is 0 Å². The summed E-state index contributed by atoms with van der Waals surface area (Å²) >= 11 is 1.52. The van der Waals surface area contributed by atoms with Gasteiger partial charge >= 0.3 is 0 Å². The third kappa shape index (κ3) is 2.80. The van der Waals surface area contributed by atoms with Crippen LogP contribution in [0.5, 0.6) is 0 Å². The predicted octanol–water partition coefficient (Wildman–Crippen LogP) is 3.45. The molecule has 0 atom stereocenters. The molecular formula is C16H18N2OS. The zero-order chi connectivity index (χ0) is 13.9. The highest BCUT2D eigenvalue weighted by Crippen LogP contribution is 2.31. The van der Waals surface area contributed by atoms with Gasteiger partial charge in [0.2, 0.25) is 0 Å². The Morgan fingerprint density at radius 1 is 1.20 bits per heavy atom. The molecule has 4 heteroatoms. The van der Waals surface area contributed by atoms with E-state index in [2.05, 4.69) is 22.9 Å². The molecule has 1 aromatic carbocycles. The van der Waals surface area contributed by atoms with Crippen molar-refractivity contribution in [3.8, 4) is 0 Å². The third-order valence-electron chi connectivity index (χ3n) is 3.71. The average Bonchev–Trinajstić information content (AvgIpc) is 2.84. The number of aryl methyl sites for hydroxylation is 1. The van der Waals surface area contributed by atoms with Gasteiger partial charge in [-0.15, -0.1) is 0 Å². The number of amidine groups is 1. The Balaban J connectivity index is 1.78. The van der Waals surface area contributed by atoms with E-state index in [1.807, 2.05) is 24.3 Å². The molecule has 2 aliphatic heterocycles. The lowest BCUT2D eigenvalue weighted by Gasteiger charge is -2.27. The van der Waals surface area contributed by atoms with E-state index in [-0.39, 0.29) is 5.91 Å². The number of rotatable bonds is 1. The highest BCUT2D eigenvalue weighted by molar-refractivity contribution is 8.18. The SMILES string of the molecule is Cc1ccccc1/C=C1\SC(N2CCCCC2)=NC1=O. The fourth-order valence-corrected chi connectivity index (χ4v) is 3.46. The van der Waals surface area contributed by atoms with Crippen LogP contribution in [0.1, 0.15) is 30.4 Å². The van der Waals surface area contributed by atoms with Crippen LogP contribution < -0.4 is 0 Å². The van der Waals surface area contributed by atoms with E-state index in [0.29, 0.717) is 0 Å². The van der Waals surface area contributed by atoms with Crippen molar-refractivity contribution in [2.75, 3.05) is 13.1 Å². The molecular weight excluding hydrogens is 268 g/mol. The number of hydrogen-bond donors (Lipinski definition) is 0. The lowest BCUT2D eigenvalue weighted by atomic mass is 10.1. The maximum absolute atomic E-state index is 12.0. The van der Waals surface area contributed by atoms with E-state index in [1.54, 1.807) is 0 Å². The Labute approximate surface area is 123 Å². The number of carbonyl (C=O) groups excluding carboxylic acids is 1. The second-order valence-corrected chi connectivity index (χ2v) is 6.22. The highest BCUT2D eigenvalue weighted by Gasteiger charge is 2.26. The molecule has 1 aromatic rings. The number of carbonyl (C=O) groups is 1. The Morgan fingerprint density at radius 2 is 1.95 bits per heavy atom. The van der Waals surface area contributed by atoms with Gasteiger partial charge in [0.1, 0.15) is 0 Å². The van der Waals surface area contributed by atoms with Crippen molar-refractivity contribution in [3.05, 3.63) is 40.3 Å². The van der Waals surface area contributed by atoms with Crippen LogP contribution in [0.25, 0.3) is 6.08 Å². The normalized spacial score (nSPS) is 21.4. The molecule has 3 nitrogen and oxygen atoms in total. The molecule has 20 heavy (non-hydrogen) atoms. The van der Waals surface area contributed by atoms with Gasteiger partial charge in [0.15, 0.2) is 5.17 Å². The summed E-state index contributed by atoms with van der Waals surface area (Å²) in [6.45, 7) is 4.11. The van der Waals surface area contributed by atoms with Gasteiger partial charge < -0.3 is 4.90 Å². The van der Waals surface area contributed by atoms with Gasteiger partial charge in [0, 0.05) is 13.1 Å². The second kappa shape index (κ2) is 5.83. The van der Waals surface area contributed by atoms with Crippen LogP contribution in [0, 0.1) is 6.92 Å². The maximum Gasteiger partial charge on any atom is 0.286 e. The molecule has 0 aromatic heterocycles. The second-order valence-electron chi connectivity index (χ2n) is 5.21. The molecule has 1 amide bonds. The minimum absolute atomic E-state index is 0.0983. The molecule has 3 rings (SSSR count). The van der Waals surface area contributed by atoms with E-state index in [0.717, 1.165) is 28.7 Å². The van der Waals surface area contributed by atoms with Crippen LogP contribution >= 0.6 is 11.8 Å². The van der Waals surface area contributed by atoms with Crippen molar-refractivity contribution < 1.29 is 4.79 Å². The van der Waals surface area contributed by atoms with Crippen molar-refractivity contribution in [1.82, 2.24) is 4.90 Å². The van der Waals surface area contributed by atoms with Gasteiger partial charge in [-0.25, -0.2) is 0 Å². The smallest absolute Gasteiger partial charge is 0.286 e. The van der Waals surface area contributed by atoms with Crippen LogP contribution in [-0.4, -0.2) is 29.1 Å². The molecule has 0 radical (unpaired) electrons. The summed E-state index contributed by atoms with van der Waals surface area (Å²) < 4.78 is 0. The Hall–Kier alpha value is -1.55. The number of aliphatic imine (C=N–C) groups is 1. The summed E-state index contributed by atoms with van der Waals surface area (Å²) in [5.41, 5.74) is 2.28. The minimum Gasteiger partial charge on any atom is -0.351 e. The fourth-order valence-electron chi connectivity index (χ4n) is 2.51. The monoisotopic (exact) mass is 286 g/mol. The molecule has 1 saturated heterocycles. The zero-order valence-electron chi connectivity index (χ0n) is 11.6. The Bertz CT molecular complexity index is 586. The molecule has 2 aliphatic rings. The first-order valence-corrected chi connectivity index (χ1v) is 7.89. The molecule has 0 saturated carbocycles. The van der Waals surface area contributed by atoms with Crippen molar-refractivity contribution in [2.45, 2.75) is 26.2 Å². The summed E-state index contributed by atoms with van der Waals surface area (Å²) in [5.74, 6) is -0.0983. The van der Waals surface area contributed by atoms with Crippen LogP contribution in [0.15, 0.2) is 34.2 Å². The minimum atomic E-state index is -0.0983. The van der Waals surface area contributed by atoms with E-state index in [1.165, 1.54) is 36.6 Å². The first-order chi connectivity index (χ1) is 9.74. The van der Waals surface area contributed by atoms with Crippen molar-refractivity contribution in [3.63, 3.8) is 0 Å². The van der Waals surface area contributed by atoms with Crippen LogP contribution in [0.2, 0.25) is 0 Å².